The van der Waals surface area contributed by atoms with E-state index in [-0.39, 0.29) is 6.61 Å². The fraction of sp³-hybridized carbons (Fsp3) is 0.357. The second-order valence-corrected chi connectivity index (χ2v) is 4.52. The molecule has 1 aromatic carbocycles. The molecule has 0 bridgehead atoms. The summed E-state index contributed by atoms with van der Waals surface area (Å²) in [5.74, 6) is 1.40. The molecule has 0 radical (unpaired) electrons. The Morgan fingerprint density at radius 1 is 1.28 bits per heavy atom. The molecule has 96 valence electrons. The van der Waals surface area contributed by atoms with Crippen LogP contribution in [0.5, 0.6) is 11.6 Å². The number of ether oxygens (including phenoxy) is 1. The Morgan fingerprint density at radius 3 is 2.67 bits per heavy atom. The zero-order valence-corrected chi connectivity index (χ0v) is 11.2. The molecule has 0 atom stereocenters. The molecule has 18 heavy (non-hydrogen) atoms. The topological polar surface area (TPSA) is 47.3 Å². The second-order valence-electron chi connectivity index (χ2n) is 4.52. The van der Waals surface area contributed by atoms with Gasteiger partial charge in [-0.2, -0.15) is 5.10 Å². The Kier molecular flexibility index (Phi) is 3.39. The lowest BCUT2D eigenvalue weighted by Gasteiger charge is -2.10. The van der Waals surface area contributed by atoms with Crippen LogP contribution in [-0.2, 0) is 13.7 Å². The third kappa shape index (κ3) is 2.24. The van der Waals surface area contributed by atoms with Gasteiger partial charge in [0.15, 0.2) is 0 Å². The Balaban J connectivity index is 2.42. The van der Waals surface area contributed by atoms with Crippen LogP contribution in [-0.4, -0.2) is 14.9 Å². The molecule has 2 aromatic rings. The third-order valence-electron chi connectivity index (χ3n) is 3.00. The van der Waals surface area contributed by atoms with Crippen molar-refractivity contribution in [3.8, 4) is 11.6 Å². The molecule has 0 unspecified atom stereocenters. The first-order valence-corrected chi connectivity index (χ1v) is 5.91. The quantitative estimate of drug-likeness (QED) is 0.905. The van der Waals surface area contributed by atoms with Gasteiger partial charge in [0.1, 0.15) is 5.75 Å². The van der Waals surface area contributed by atoms with E-state index in [0.29, 0.717) is 5.88 Å². The molecule has 4 nitrogen and oxygen atoms in total. The van der Waals surface area contributed by atoms with Crippen LogP contribution in [0.15, 0.2) is 18.2 Å². The van der Waals surface area contributed by atoms with E-state index in [9.17, 15) is 5.11 Å². The Morgan fingerprint density at radius 2 is 2.00 bits per heavy atom. The minimum atomic E-state index is -0.0696. The standard InChI is InChI=1S/C14H18N2O2/c1-9-5-6-10(2)13(7-9)18-14-12(8-17)11(3)15-16(14)4/h5-7,17H,8H2,1-4H3. The number of nitrogens with zero attached hydrogens (tertiary/aromatic N) is 2. The van der Waals surface area contributed by atoms with Crippen LogP contribution in [0.25, 0.3) is 0 Å². The van der Waals surface area contributed by atoms with E-state index in [0.717, 1.165) is 28.1 Å². The van der Waals surface area contributed by atoms with Crippen LogP contribution in [0.2, 0.25) is 0 Å². The van der Waals surface area contributed by atoms with Gasteiger partial charge in [0.05, 0.1) is 17.9 Å². The van der Waals surface area contributed by atoms with Crippen LogP contribution in [0.3, 0.4) is 0 Å². The van der Waals surface area contributed by atoms with E-state index in [1.807, 2.05) is 46.0 Å². The molecule has 0 amide bonds. The molecule has 2 rings (SSSR count). The highest BCUT2D eigenvalue weighted by molar-refractivity contribution is 5.41. The molecule has 0 saturated heterocycles. The van der Waals surface area contributed by atoms with Gasteiger partial charge in [-0.15, -0.1) is 0 Å². The van der Waals surface area contributed by atoms with Crippen LogP contribution in [0, 0.1) is 20.8 Å². The molecule has 0 aliphatic rings. The van der Waals surface area contributed by atoms with E-state index in [4.69, 9.17) is 4.74 Å². The number of benzene rings is 1. The summed E-state index contributed by atoms with van der Waals surface area (Å²) in [6.45, 7) is 5.81. The van der Waals surface area contributed by atoms with E-state index in [2.05, 4.69) is 5.10 Å². The number of hydrogen-bond acceptors (Lipinski definition) is 3. The van der Waals surface area contributed by atoms with E-state index >= 15 is 0 Å². The lowest BCUT2D eigenvalue weighted by molar-refractivity contribution is 0.274. The number of aliphatic hydroxyl groups is 1. The summed E-state index contributed by atoms with van der Waals surface area (Å²) < 4.78 is 7.56. The van der Waals surface area contributed by atoms with Crippen molar-refractivity contribution in [2.45, 2.75) is 27.4 Å². The van der Waals surface area contributed by atoms with Crippen molar-refractivity contribution in [3.05, 3.63) is 40.6 Å². The molecule has 4 heteroatoms. The maximum absolute atomic E-state index is 9.38. The summed E-state index contributed by atoms with van der Waals surface area (Å²) in [7, 11) is 1.81. The van der Waals surface area contributed by atoms with Gasteiger partial charge in [-0.1, -0.05) is 12.1 Å². The van der Waals surface area contributed by atoms with Crippen molar-refractivity contribution >= 4 is 0 Å². The van der Waals surface area contributed by atoms with Crippen molar-refractivity contribution in [1.29, 1.82) is 0 Å². The van der Waals surface area contributed by atoms with Crippen LogP contribution >= 0.6 is 0 Å². The van der Waals surface area contributed by atoms with Crippen molar-refractivity contribution in [1.82, 2.24) is 9.78 Å². The Bertz CT molecular complexity index is 573. The van der Waals surface area contributed by atoms with Crippen LogP contribution in [0.1, 0.15) is 22.4 Å². The molecular formula is C14H18N2O2. The summed E-state index contributed by atoms with van der Waals surface area (Å²) >= 11 is 0. The molecule has 0 aliphatic carbocycles. The SMILES string of the molecule is Cc1ccc(C)c(Oc2c(CO)c(C)nn2C)c1. The van der Waals surface area contributed by atoms with E-state index < -0.39 is 0 Å². The zero-order chi connectivity index (χ0) is 13.3. The van der Waals surface area contributed by atoms with Gasteiger partial charge in [0.2, 0.25) is 5.88 Å². The average molecular weight is 246 g/mol. The van der Waals surface area contributed by atoms with Gasteiger partial charge in [0, 0.05) is 7.05 Å². The van der Waals surface area contributed by atoms with Crippen molar-refractivity contribution < 1.29 is 9.84 Å². The predicted molar refractivity (Wildman–Crippen MR) is 69.9 cm³/mol. The van der Waals surface area contributed by atoms with E-state index in [1.54, 1.807) is 4.68 Å². The minimum absolute atomic E-state index is 0.0696. The van der Waals surface area contributed by atoms with Gasteiger partial charge in [-0.25, -0.2) is 4.68 Å². The first kappa shape index (κ1) is 12.6. The highest BCUT2D eigenvalue weighted by Gasteiger charge is 2.15. The number of hydrogen-bond donors (Lipinski definition) is 1. The van der Waals surface area contributed by atoms with Crippen LogP contribution < -0.4 is 4.74 Å². The maximum Gasteiger partial charge on any atom is 0.223 e. The highest BCUT2D eigenvalue weighted by atomic mass is 16.5. The maximum atomic E-state index is 9.38. The smallest absolute Gasteiger partial charge is 0.223 e. The monoisotopic (exact) mass is 246 g/mol. The Labute approximate surface area is 107 Å². The molecule has 0 fully saturated rings. The lowest BCUT2D eigenvalue weighted by atomic mass is 10.1. The lowest BCUT2D eigenvalue weighted by Crippen LogP contribution is -1.98. The normalized spacial score (nSPS) is 10.7. The molecule has 1 heterocycles. The zero-order valence-electron chi connectivity index (χ0n) is 11.2. The van der Waals surface area contributed by atoms with Crippen molar-refractivity contribution in [3.63, 3.8) is 0 Å². The number of aliphatic hydroxyl groups excluding tert-OH is 1. The summed E-state index contributed by atoms with van der Waals surface area (Å²) in [5, 5.41) is 13.6. The first-order valence-electron chi connectivity index (χ1n) is 5.91. The average Bonchev–Trinajstić information content (AvgIpc) is 2.58. The van der Waals surface area contributed by atoms with Gasteiger partial charge < -0.3 is 9.84 Å². The van der Waals surface area contributed by atoms with Crippen LogP contribution in [0.4, 0.5) is 0 Å². The molecule has 0 saturated carbocycles. The fourth-order valence-corrected chi connectivity index (χ4v) is 1.91. The fourth-order valence-electron chi connectivity index (χ4n) is 1.91. The van der Waals surface area contributed by atoms with Gasteiger partial charge in [0.25, 0.3) is 0 Å². The molecule has 1 N–H and O–H groups in total. The first-order chi connectivity index (χ1) is 8.52. The molecule has 0 aliphatic heterocycles. The minimum Gasteiger partial charge on any atom is -0.439 e. The number of rotatable bonds is 3. The summed E-state index contributed by atoms with van der Waals surface area (Å²) in [6, 6.07) is 6.05. The second kappa shape index (κ2) is 4.82. The van der Waals surface area contributed by atoms with Crippen molar-refractivity contribution in [2.24, 2.45) is 7.05 Å². The summed E-state index contributed by atoms with van der Waals surface area (Å²) in [5.41, 5.74) is 3.72. The van der Waals surface area contributed by atoms with E-state index in [1.165, 1.54) is 0 Å². The van der Waals surface area contributed by atoms with Gasteiger partial charge >= 0.3 is 0 Å². The van der Waals surface area contributed by atoms with Gasteiger partial charge in [-0.05, 0) is 38.0 Å². The van der Waals surface area contributed by atoms with Gasteiger partial charge in [-0.3, -0.25) is 0 Å². The molecule has 0 spiro atoms. The predicted octanol–water partition coefficient (Wildman–Crippen LogP) is 2.63. The number of aromatic nitrogens is 2. The highest BCUT2D eigenvalue weighted by Crippen LogP contribution is 2.29. The number of aryl methyl sites for hydroxylation is 4. The summed E-state index contributed by atoms with van der Waals surface area (Å²) in [6.07, 6.45) is 0. The molecule has 1 aromatic heterocycles. The Hall–Kier alpha value is -1.81. The largest absolute Gasteiger partial charge is 0.439 e. The molecular weight excluding hydrogens is 228 g/mol. The van der Waals surface area contributed by atoms with Crippen molar-refractivity contribution in [2.75, 3.05) is 0 Å². The summed E-state index contributed by atoms with van der Waals surface area (Å²) in [4.78, 5) is 0. The third-order valence-corrected chi connectivity index (χ3v) is 3.00.